The normalized spacial score (nSPS) is 12.9. The first-order valence-corrected chi connectivity index (χ1v) is 4.62. The fourth-order valence-corrected chi connectivity index (χ4v) is 1.28. The van der Waals surface area contributed by atoms with Gasteiger partial charge < -0.3 is 4.79 Å². The zero-order chi connectivity index (χ0) is 9.40. The van der Waals surface area contributed by atoms with E-state index in [1.165, 1.54) is 0 Å². The highest BCUT2D eigenvalue weighted by Gasteiger charge is 2.11. The third-order valence-electron chi connectivity index (χ3n) is 1.82. The highest BCUT2D eigenvalue weighted by atomic mass is 16.1. The van der Waals surface area contributed by atoms with Crippen LogP contribution in [0.25, 0.3) is 0 Å². The van der Waals surface area contributed by atoms with Gasteiger partial charge in [0.2, 0.25) is 0 Å². The molecule has 1 unspecified atom stereocenters. The molecule has 0 saturated carbocycles. The molecule has 0 heterocycles. The van der Waals surface area contributed by atoms with Gasteiger partial charge in [-0.25, -0.2) is 0 Å². The van der Waals surface area contributed by atoms with E-state index in [4.69, 9.17) is 0 Å². The molecule has 0 N–H and O–H groups in total. The molecule has 0 aromatic rings. The lowest BCUT2D eigenvalue weighted by Gasteiger charge is -2.24. The summed E-state index contributed by atoms with van der Waals surface area (Å²) in [5, 5.41) is 0. The van der Waals surface area contributed by atoms with Gasteiger partial charge in [0.15, 0.2) is 0 Å². The molecule has 0 saturated heterocycles. The predicted octanol–water partition coefficient (Wildman–Crippen LogP) is 1.86. The summed E-state index contributed by atoms with van der Waals surface area (Å²) in [6, 6.07) is -0.0927. The maximum Gasteiger partial charge on any atom is 0.141 e. The molecule has 12 heavy (non-hydrogen) atoms. The maximum atomic E-state index is 10.6. The third-order valence-corrected chi connectivity index (χ3v) is 1.82. The fourth-order valence-electron chi connectivity index (χ4n) is 1.28. The van der Waals surface area contributed by atoms with Gasteiger partial charge >= 0.3 is 0 Å². The van der Waals surface area contributed by atoms with Crippen molar-refractivity contribution < 1.29 is 4.79 Å². The summed E-state index contributed by atoms with van der Waals surface area (Å²) < 4.78 is 0. The van der Waals surface area contributed by atoms with E-state index in [-0.39, 0.29) is 6.04 Å². The quantitative estimate of drug-likeness (QED) is 0.428. The van der Waals surface area contributed by atoms with E-state index in [9.17, 15) is 4.79 Å². The van der Waals surface area contributed by atoms with Crippen LogP contribution < -0.4 is 0 Å². The van der Waals surface area contributed by atoms with E-state index >= 15 is 0 Å². The lowest BCUT2D eigenvalue weighted by molar-refractivity contribution is -0.111. The summed E-state index contributed by atoms with van der Waals surface area (Å²) in [4.78, 5) is 12.8. The van der Waals surface area contributed by atoms with Crippen LogP contribution in [-0.4, -0.2) is 30.3 Å². The van der Waals surface area contributed by atoms with E-state index < -0.39 is 0 Å². The van der Waals surface area contributed by atoms with Crippen LogP contribution in [0, 0.1) is 0 Å². The second-order valence-corrected chi connectivity index (χ2v) is 2.90. The van der Waals surface area contributed by atoms with Gasteiger partial charge in [-0.05, 0) is 25.9 Å². The Bertz CT molecular complexity index is 120. The number of aldehydes is 1. The first-order chi connectivity index (χ1) is 5.79. The molecule has 0 aromatic heterocycles. The Morgan fingerprint density at radius 2 is 1.83 bits per heavy atom. The molecule has 0 amide bonds. The predicted molar refractivity (Wildman–Crippen MR) is 52.2 cm³/mol. The van der Waals surface area contributed by atoms with E-state index in [1.54, 1.807) is 6.08 Å². The van der Waals surface area contributed by atoms with Gasteiger partial charge in [0, 0.05) is 0 Å². The molecule has 1 atom stereocenters. The number of carbonyl (C=O) groups is 1. The third kappa shape index (κ3) is 3.67. The van der Waals surface area contributed by atoms with E-state index in [1.807, 2.05) is 0 Å². The van der Waals surface area contributed by atoms with Crippen molar-refractivity contribution in [2.75, 3.05) is 13.1 Å². The van der Waals surface area contributed by atoms with Gasteiger partial charge in [0.05, 0.1) is 6.04 Å². The van der Waals surface area contributed by atoms with Crippen molar-refractivity contribution in [3.63, 3.8) is 0 Å². The molecule has 0 aliphatic heterocycles. The van der Waals surface area contributed by atoms with Crippen LogP contribution in [0.2, 0.25) is 0 Å². The Morgan fingerprint density at radius 3 is 2.08 bits per heavy atom. The van der Waals surface area contributed by atoms with Gasteiger partial charge in [-0.15, -0.1) is 6.58 Å². The molecule has 0 aliphatic rings. The van der Waals surface area contributed by atoms with Crippen molar-refractivity contribution in [2.24, 2.45) is 0 Å². The van der Waals surface area contributed by atoms with Crippen molar-refractivity contribution in [3.05, 3.63) is 12.7 Å². The van der Waals surface area contributed by atoms with Crippen LogP contribution in [0.3, 0.4) is 0 Å². The SMILES string of the molecule is C=CC(C=O)N(CCC)CCC. The summed E-state index contributed by atoms with van der Waals surface area (Å²) >= 11 is 0. The summed E-state index contributed by atoms with van der Waals surface area (Å²) in [5.41, 5.74) is 0. The summed E-state index contributed by atoms with van der Waals surface area (Å²) in [6.07, 6.45) is 4.83. The first-order valence-electron chi connectivity index (χ1n) is 4.62. The number of carbonyl (C=O) groups excluding carboxylic acids is 1. The summed E-state index contributed by atoms with van der Waals surface area (Å²) in [7, 11) is 0. The molecular weight excluding hydrogens is 150 g/mol. The minimum atomic E-state index is -0.0927. The second kappa shape index (κ2) is 7.04. The van der Waals surface area contributed by atoms with E-state index in [0.717, 1.165) is 32.2 Å². The van der Waals surface area contributed by atoms with Crippen LogP contribution in [0.5, 0.6) is 0 Å². The monoisotopic (exact) mass is 169 g/mol. The standard InChI is InChI=1S/C10H19NO/c1-4-7-11(8-5-2)10(6-3)9-12/h6,9-10H,3-5,7-8H2,1-2H3. The summed E-state index contributed by atoms with van der Waals surface area (Å²) in [5.74, 6) is 0. The molecule has 0 radical (unpaired) electrons. The largest absolute Gasteiger partial charge is 0.301 e. The Hall–Kier alpha value is -0.630. The zero-order valence-electron chi connectivity index (χ0n) is 8.12. The number of hydrogen-bond donors (Lipinski definition) is 0. The van der Waals surface area contributed by atoms with Crippen molar-refractivity contribution >= 4 is 6.29 Å². The van der Waals surface area contributed by atoms with Crippen LogP contribution in [0.1, 0.15) is 26.7 Å². The Morgan fingerprint density at radius 1 is 1.33 bits per heavy atom. The average Bonchev–Trinajstić information content (AvgIpc) is 2.07. The maximum absolute atomic E-state index is 10.6. The highest BCUT2D eigenvalue weighted by molar-refractivity contribution is 5.60. The number of nitrogens with zero attached hydrogens (tertiary/aromatic N) is 1. The molecule has 0 bridgehead atoms. The van der Waals surface area contributed by atoms with Crippen molar-refractivity contribution in [2.45, 2.75) is 32.7 Å². The highest BCUT2D eigenvalue weighted by Crippen LogP contribution is 2.00. The lowest BCUT2D eigenvalue weighted by atomic mass is 10.2. The van der Waals surface area contributed by atoms with Crippen molar-refractivity contribution in [3.8, 4) is 0 Å². The van der Waals surface area contributed by atoms with Crippen molar-refractivity contribution in [1.29, 1.82) is 0 Å². The zero-order valence-corrected chi connectivity index (χ0v) is 8.12. The molecule has 70 valence electrons. The van der Waals surface area contributed by atoms with Crippen molar-refractivity contribution in [1.82, 2.24) is 4.90 Å². The Labute approximate surface area is 75.3 Å². The molecular formula is C10H19NO. The second-order valence-electron chi connectivity index (χ2n) is 2.90. The van der Waals surface area contributed by atoms with Gasteiger partial charge in [-0.3, -0.25) is 4.90 Å². The lowest BCUT2D eigenvalue weighted by Crippen LogP contribution is -2.36. The molecule has 2 heteroatoms. The minimum absolute atomic E-state index is 0.0927. The topological polar surface area (TPSA) is 20.3 Å². The fraction of sp³-hybridized carbons (Fsp3) is 0.700. The average molecular weight is 169 g/mol. The molecule has 0 aromatic carbocycles. The molecule has 0 spiro atoms. The van der Waals surface area contributed by atoms with E-state index in [0.29, 0.717) is 0 Å². The van der Waals surface area contributed by atoms with Crippen LogP contribution >= 0.6 is 0 Å². The van der Waals surface area contributed by atoms with Crippen LogP contribution in [0.15, 0.2) is 12.7 Å². The Balaban J connectivity index is 4.03. The molecule has 2 nitrogen and oxygen atoms in total. The van der Waals surface area contributed by atoms with Gasteiger partial charge in [-0.2, -0.15) is 0 Å². The van der Waals surface area contributed by atoms with E-state index in [2.05, 4.69) is 25.3 Å². The van der Waals surface area contributed by atoms with Gasteiger partial charge in [0.25, 0.3) is 0 Å². The summed E-state index contributed by atoms with van der Waals surface area (Å²) in [6.45, 7) is 9.83. The minimum Gasteiger partial charge on any atom is -0.301 e. The first kappa shape index (κ1) is 11.4. The number of rotatable bonds is 7. The molecule has 0 fully saturated rings. The molecule has 0 rings (SSSR count). The van der Waals surface area contributed by atoms with Gasteiger partial charge in [-0.1, -0.05) is 19.9 Å². The Kier molecular flexibility index (Phi) is 6.67. The molecule has 0 aliphatic carbocycles. The van der Waals surface area contributed by atoms with Gasteiger partial charge in [0.1, 0.15) is 6.29 Å². The number of hydrogen-bond acceptors (Lipinski definition) is 2. The smallest absolute Gasteiger partial charge is 0.141 e. The van der Waals surface area contributed by atoms with Crippen LogP contribution in [-0.2, 0) is 4.79 Å². The van der Waals surface area contributed by atoms with Crippen LogP contribution in [0.4, 0.5) is 0 Å².